The van der Waals surface area contributed by atoms with Gasteiger partial charge in [0, 0.05) is 31.1 Å². The Hall–Kier alpha value is -1.49. The Morgan fingerprint density at radius 1 is 1.48 bits per heavy atom. The van der Waals surface area contributed by atoms with Crippen LogP contribution in [0.4, 0.5) is 0 Å². The van der Waals surface area contributed by atoms with Crippen LogP contribution in [0.2, 0.25) is 0 Å². The largest absolute Gasteiger partial charge is 0.390 e. The molecule has 2 heterocycles. The van der Waals surface area contributed by atoms with E-state index in [9.17, 15) is 9.90 Å². The molecule has 1 aliphatic heterocycles. The maximum Gasteiger partial charge on any atom is 0.257 e. The summed E-state index contributed by atoms with van der Waals surface area (Å²) in [6, 6.07) is 0. The molecule has 2 aliphatic rings. The van der Waals surface area contributed by atoms with Crippen molar-refractivity contribution in [2.24, 2.45) is 5.92 Å². The molecule has 1 aliphatic carbocycles. The van der Waals surface area contributed by atoms with Crippen molar-refractivity contribution < 1.29 is 9.90 Å². The summed E-state index contributed by atoms with van der Waals surface area (Å²) in [7, 11) is 0. The minimum Gasteiger partial charge on any atom is -0.390 e. The van der Waals surface area contributed by atoms with Crippen molar-refractivity contribution in [1.82, 2.24) is 14.9 Å². The zero-order valence-corrected chi connectivity index (χ0v) is 13.0. The molecule has 0 aromatic carbocycles. The van der Waals surface area contributed by atoms with Crippen molar-refractivity contribution >= 4 is 5.91 Å². The molecule has 1 saturated carbocycles. The van der Waals surface area contributed by atoms with Crippen LogP contribution in [0.3, 0.4) is 0 Å². The van der Waals surface area contributed by atoms with E-state index in [0.29, 0.717) is 31.0 Å². The van der Waals surface area contributed by atoms with Crippen LogP contribution in [0.25, 0.3) is 0 Å². The highest BCUT2D eigenvalue weighted by atomic mass is 16.3. The Balaban J connectivity index is 1.76. The lowest BCUT2D eigenvalue weighted by molar-refractivity contribution is -0.0439. The first-order valence-corrected chi connectivity index (χ1v) is 7.73. The van der Waals surface area contributed by atoms with Gasteiger partial charge in [0.15, 0.2) is 0 Å². The van der Waals surface area contributed by atoms with Gasteiger partial charge >= 0.3 is 0 Å². The molecule has 2 atom stereocenters. The van der Waals surface area contributed by atoms with E-state index in [1.807, 2.05) is 25.7 Å². The lowest BCUT2D eigenvalue weighted by atomic mass is 9.84. The molecule has 0 radical (unpaired) electrons. The molecule has 1 amide bonds. The van der Waals surface area contributed by atoms with Crippen LogP contribution in [0.1, 0.15) is 60.9 Å². The van der Waals surface area contributed by atoms with E-state index in [4.69, 9.17) is 0 Å². The molecule has 0 unspecified atom stereocenters. The van der Waals surface area contributed by atoms with Gasteiger partial charge in [-0.15, -0.1) is 0 Å². The van der Waals surface area contributed by atoms with Gasteiger partial charge in [-0.2, -0.15) is 0 Å². The van der Waals surface area contributed by atoms with Gasteiger partial charge in [-0.3, -0.25) is 4.79 Å². The second kappa shape index (κ2) is 5.05. The van der Waals surface area contributed by atoms with Gasteiger partial charge in [0.2, 0.25) is 0 Å². The number of aromatic nitrogens is 2. The first-order chi connectivity index (χ1) is 9.88. The topological polar surface area (TPSA) is 66.3 Å². The Labute approximate surface area is 125 Å². The normalized spacial score (nSPS) is 29.5. The van der Waals surface area contributed by atoms with E-state index in [1.54, 1.807) is 6.20 Å². The first-order valence-electron chi connectivity index (χ1n) is 7.73. The predicted molar refractivity (Wildman–Crippen MR) is 79.1 cm³/mol. The Morgan fingerprint density at radius 3 is 2.76 bits per heavy atom. The average molecular weight is 289 g/mol. The lowest BCUT2D eigenvalue weighted by Gasteiger charge is -2.41. The summed E-state index contributed by atoms with van der Waals surface area (Å²) in [5.74, 6) is 1.43. The summed E-state index contributed by atoms with van der Waals surface area (Å²) in [5, 5.41) is 10.2. The highest BCUT2D eigenvalue weighted by Crippen LogP contribution is 2.38. The van der Waals surface area contributed by atoms with Crippen molar-refractivity contribution in [2.75, 3.05) is 13.1 Å². The van der Waals surface area contributed by atoms with Crippen LogP contribution >= 0.6 is 0 Å². The SMILES string of the molecule is Cc1nc(C2CC2)ncc1C(=O)N1CC[C@@](C)(O)[C@@H](C)C1. The van der Waals surface area contributed by atoms with Crippen molar-refractivity contribution in [3.8, 4) is 0 Å². The number of hydrogen-bond acceptors (Lipinski definition) is 4. The van der Waals surface area contributed by atoms with E-state index >= 15 is 0 Å². The molecular formula is C16H23N3O2. The van der Waals surface area contributed by atoms with E-state index in [-0.39, 0.29) is 11.8 Å². The molecule has 1 aromatic heterocycles. The van der Waals surface area contributed by atoms with Crippen molar-refractivity contribution in [2.45, 2.75) is 51.6 Å². The molecule has 1 aromatic rings. The number of piperidine rings is 1. The third kappa shape index (κ3) is 2.79. The van der Waals surface area contributed by atoms with E-state index in [2.05, 4.69) is 9.97 Å². The fourth-order valence-corrected chi connectivity index (χ4v) is 2.81. The number of hydrogen-bond donors (Lipinski definition) is 1. The number of aryl methyl sites for hydroxylation is 1. The number of rotatable bonds is 2. The van der Waals surface area contributed by atoms with Crippen molar-refractivity contribution in [3.05, 3.63) is 23.3 Å². The summed E-state index contributed by atoms with van der Waals surface area (Å²) in [4.78, 5) is 23.3. The van der Waals surface area contributed by atoms with E-state index in [0.717, 1.165) is 24.4 Å². The van der Waals surface area contributed by atoms with Gasteiger partial charge in [0.05, 0.1) is 16.9 Å². The number of amides is 1. The van der Waals surface area contributed by atoms with Gasteiger partial charge in [0.1, 0.15) is 5.82 Å². The van der Waals surface area contributed by atoms with Crippen LogP contribution in [-0.2, 0) is 0 Å². The second-order valence-corrected chi connectivity index (χ2v) is 6.76. The summed E-state index contributed by atoms with van der Waals surface area (Å²) in [5.41, 5.74) is 0.674. The lowest BCUT2D eigenvalue weighted by Crippen LogP contribution is -2.51. The number of carbonyl (C=O) groups is 1. The monoisotopic (exact) mass is 289 g/mol. The third-order valence-electron chi connectivity index (χ3n) is 4.90. The fourth-order valence-electron chi connectivity index (χ4n) is 2.81. The van der Waals surface area contributed by atoms with Crippen LogP contribution in [-0.4, -0.2) is 44.6 Å². The second-order valence-electron chi connectivity index (χ2n) is 6.76. The van der Waals surface area contributed by atoms with E-state index < -0.39 is 5.60 Å². The van der Waals surface area contributed by atoms with Crippen LogP contribution in [0.15, 0.2) is 6.20 Å². The van der Waals surface area contributed by atoms with E-state index in [1.165, 1.54) is 0 Å². The Bertz CT molecular complexity index is 567. The maximum atomic E-state index is 12.6. The van der Waals surface area contributed by atoms with Gasteiger partial charge in [-0.1, -0.05) is 6.92 Å². The summed E-state index contributed by atoms with van der Waals surface area (Å²) < 4.78 is 0. The molecule has 5 nitrogen and oxygen atoms in total. The zero-order chi connectivity index (χ0) is 15.2. The number of likely N-dealkylation sites (tertiary alicyclic amines) is 1. The highest BCUT2D eigenvalue weighted by Gasteiger charge is 2.37. The van der Waals surface area contributed by atoms with Crippen LogP contribution in [0, 0.1) is 12.8 Å². The predicted octanol–water partition coefficient (Wildman–Crippen LogP) is 1.90. The van der Waals surface area contributed by atoms with Gasteiger partial charge in [-0.25, -0.2) is 9.97 Å². The number of carbonyl (C=O) groups excluding carboxylic acids is 1. The van der Waals surface area contributed by atoms with Gasteiger partial charge < -0.3 is 10.0 Å². The smallest absolute Gasteiger partial charge is 0.257 e. The molecule has 1 N–H and O–H groups in total. The first kappa shape index (κ1) is 14.4. The standard InChI is InChI=1S/C16H23N3O2/c1-10-9-19(7-6-16(10,3)21)15(20)13-8-17-14(12-4-5-12)18-11(13)2/h8,10,12,21H,4-7,9H2,1-3H3/t10-,16+/m0/s1. The molecule has 0 bridgehead atoms. The minimum atomic E-state index is -0.682. The van der Waals surface area contributed by atoms with Crippen molar-refractivity contribution in [1.29, 1.82) is 0 Å². The molecular weight excluding hydrogens is 266 g/mol. The zero-order valence-electron chi connectivity index (χ0n) is 13.0. The highest BCUT2D eigenvalue weighted by molar-refractivity contribution is 5.95. The summed E-state index contributed by atoms with van der Waals surface area (Å²) in [6.45, 7) is 6.87. The van der Waals surface area contributed by atoms with Crippen LogP contribution in [0.5, 0.6) is 0 Å². The fraction of sp³-hybridized carbons (Fsp3) is 0.688. The Morgan fingerprint density at radius 2 is 2.19 bits per heavy atom. The minimum absolute atomic E-state index is 0.0165. The molecule has 5 heteroatoms. The number of aliphatic hydroxyl groups is 1. The number of nitrogens with zero attached hydrogens (tertiary/aromatic N) is 3. The Kier molecular flexibility index (Phi) is 3.48. The molecule has 21 heavy (non-hydrogen) atoms. The van der Waals surface area contributed by atoms with Gasteiger partial charge in [0.25, 0.3) is 5.91 Å². The average Bonchev–Trinajstić information content (AvgIpc) is 3.25. The summed E-state index contributed by atoms with van der Waals surface area (Å²) >= 11 is 0. The molecule has 114 valence electrons. The van der Waals surface area contributed by atoms with Crippen molar-refractivity contribution in [3.63, 3.8) is 0 Å². The molecule has 1 saturated heterocycles. The third-order valence-corrected chi connectivity index (χ3v) is 4.90. The molecule has 0 spiro atoms. The molecule has 2 fully saturated rings. The van der Waals surface area contributed by atoms with Crippen LogP contribution < -0.4 is 0 Å². The summed E-state index contributed by atoms with van der Waals surface area (Å²) in [6.07, 6.45) is 4.60. The van der Waals surface area contributed by atoms with Gasteiger partial charge in [-0.05, 0) is 33.1 Å². The quantitative estimate of drug-likeness (QED) is 0.903. The molecule has 3 rings (SSSR count). The maximum absolute atomic E-state index is 12.6.